The van der Waals surface area contributed by atoms with Crippen LogP contribution in [0.15, 0.2) is 17.1 Å². The Morgan fingerprint density at radius 3 is 2.41 bits per heavy atom. The zero-order chi connectivity index (χ0) is 19.6. The van der Waals surface area contributed by atoms with Gasteiger partial charge in [0.15, 0.2) is 5.96 Å². The van der Waals surface area contributed by atoms with Gasteiger partial charge in [-0.15, -0.1) is 0 Å². The number of nitrogens with zero attached hydrogens (tertiary/aromatic N) is 2. The summed E-state index contributed by atoms with van der Waals surface area (Å²) >= 11 is 0. The summed E-state index contributed by atoms with van der Waals surface area (Å²) in [4.78, 5) is 31.4. The zero-order valence-corrected chi connectivity index (χ0v) is 16.8. The number of allylic oxidation sites excluding steroid dienone is 2. The van der Waals surface area contributed by atoms with Gasteiger partial charge in [-0.3, -0.25) is 19.5 Å². The maximum absolute atomic E-state index is 12.7. The molecule has 0 aromatic heterocycles. The maximum atomic E-state index is 12.7. The van der Waals surface area contributed by atoms with E-state index >= 15 is 0 Å². The van der Waals surface area contributed by atoms with Crippen LogP contribution in [0.4, 0.5) is 0 Å². The molecule has 2 aliphatic carbocycles. The minimum absolute atomic E-state index is 0.0317. The van der Waals surface area contributed by atoms with Gasteiger partial charge in [-0.05, 0) is 45.4 Å². The standard InChI is InChI=1S/C20H32N4O3/c1-5-21-19(23-12-20(2,3)27-4)22-9-6-10-24-17(25)15-13-7-8-14(11-13)16(15)18(24)26/h7-8,13-16H,5-6,9-12H2,1-4H3,(H2,21,22,23). The second-order valence-corrected chi connectivity index (χ2v) is 8.27. The highest BCUT2D eigenvalue weighted by molar-refractivity contribution is 6.06. The number of aliphatic imine (C=N–C) groups is 1. The number of guanidine groups is 1. The third-order valence-electron chi connectivity index (χ3n) is 5.93. The van der Waals surface area contributed by atoms with Gasteiger partial charge in [-0.25, -0.2) is 0 Å². The van der Waals surface area contributed by atoms with E-state index in [0.29, 0.717) is 26.1 Å². The molecule has 4 unspecified atom stereocenters. The lowest BCUT2D eigenvalue weighted by atomic mass is 9.85. The molecule has 4 atom stereocenters. The molecule has 0 radical (unpaired) electrons. The van der Waals surface area contributed by atoms with Gasteiger partial charge in [0.1, 0.15) is 0 Å². The number of nitrogens with one attached hydrogen (secondary N) is 2. The Hall–Kier alpha value is -1.89. The molecule has 1 saturated heterocycles. The first kappa shape index (κ1) is 19.9. The molecule has 2 fully saturated rings. The molecule has 7 nitrogen and oxygen atoms in total. The van der Waals surface area contributed by atoms with Crippen molar-refractivity contribution in [2.24, 2.45) is 28.7 Å². The lowest BCUT2D eigenvalue weighted by molar-refractivity contribution is -0.140. The van der Waals surface area contributed by atoms with Gasteiger partial charge in [-0.1, -0.05) is 12.2 Å². The molecule has 2 N–H and O–H groups in total. The number of likely N-dealkylation sites (tertiary alicyclic amines) is 1. The molecule has 0 spiro atoms. The van der Waals surface area contributed by atoms with Gasteiger partial charge in [0.05, 0.1) is 24.0 Å². The fraction of sp³-hybridized carbons (Fsp3) is 0.750. The summed E-state index contributed by atoms with van der Waals surface area (Å²) in [6.45, 7) is 8.42. The first-order valence-electron chi connectivity index (χ1n) is 9.99. The van der Waals surface area contributed by atoms with Crippen molar-refractivity contribution in [1.29, 1.82) is 0 Å². The first-order chi connectivity index (χ1) is 12.9. The second-order valence-electron chi connectivity index (χ2n) is 8.27. The van der Waals surface area contributed by atoms with Crippen LogP contribution in [0.5, 0.6) is 0 Å². The van der Waals surface area contributed by atoms with Gasteiger partial charge in [-0.2, -0.15) is 0 Å². The van der Waals surface area contributed by atoms with Crippen molar-refractivity contribution in [3.8, 4) is 0 Å². The van der Waals surface area contributed by atoms with Crippen LogP contribution in [-0.4, -0.2) is 61.6 Å². The number of rotatable bonds is 8. The monoisotopic (exact) mass is 376 g/mol. The van der Waals surface area contributed by atoms with Crippen LogP contribution in [0.25, 0.3) is 0 Å². The molecule has 27 heavy (non-hydrogen) atoms. The number of carbonyl (C=O) groups is 2. The summed E-state index contributed by atoms with van der Waals surface area (Å²) in [6, 6.07) is 0. The van der Waals surface area contributed by atoms with Gasteiger partial charge in [0, 0.05) is 26.7 Å². The Bertz CT molecular complexity index is 613. The second kappa shape index (κ2) is 8.00. The van der Waals surface area contributed by atoms with Crippen molar-refractivity contribution >= 4 is 17.8 Å². The summed E-state index contributed by atoms with van der Waals surface area (Å²) < 4.78 is 5.39. The quantitative estimate of drug-likeness (QED) is 0.218. The van der Waals surface area contributed by atoms with Gasteiger partial charge < -0.3 is 15.4 Å². The molecule has 150 valence electrons. The van der Waals surface area contributed by atoms with Crippen molar-refractivity contribution in [3.05, 3.63) is 12.2 Å². The fourth-order valence-corrected chi connectivity index (χ4v) is 4.30. The maximum Gasteiger partial charge on any atom is 0.233 e. The summed E-state index contributed by atoms with van der Waals surface area (Å²) in [6.07, 6.45) is 5.94. The van der Waals surface area contributed by atoms with Gasteiger partial charge in [0.25, 0.3) is 0 Å². The van der Waals surface area contributed by atoms with Crippen LogP contribution in [0.3, 0.4) is 0 Å². The van der Waals surface area contributed by atoms with Crippen LogP contribution in [0.2, 0.25) is 0 Å². The number of methoxy groups -OCH3 is 1. The van der Waals surface area contributed by atoms with Gasteiger partial charge in [0.2, 0.25) is 11.8 Å². The smallest absolute Gasteiger partial charge is 0.233 e. The fourth-order valence-electron chi connectivity index (χ4n) is 4.30. The van der Waals surface area contributed by atoms with E-state index in [4.69, 9.17) is 4.74 Å². The third kappa shape index (κ3) is 4.03. The molecule has 2 bridgehead atoms. The van der Waals surface area contributed by atoms with E-state index in [1.54, 1.807) is 7.11 Å². The Morgan fingerprint density at radius 2 is 1.85 bits per heavy atom. The minimum Gasteiger partial charge on any atom is -0.377 e. The van der Waals surface area contributed by atoms with E-state index in [1.165, 1.54) is 4.90 Å². The Balaban J connectivity index is 1.47. The molecule has 7 heteroatoms. The summed E-state index contributed by atoms with van der Waals surface area (Å²) in [5.74, 6) is 1.13. The molecule has 0 aromatic rings. The average molecular weight is 377 g/mol. The highest BCUT2D eigenvalue weighted by Crippen LogP contribution is 2.52. The summed E-state index contributed by atoms with van der Waals surface area (Å²) in [5.41, 5.74) is -0.318. The number of amides is 2. The molecular weight excluding hydrogens is 344 g/mol. The van der Waals surface area contributed by atoms with E-state index < -0.39 is 0 Å². The zero-order valence-electron chi connectivity index (χ0n) is 16.8. The Kier molecular flexibility index (Phi) is 5.89. The van der Waals surface area contributed by atoms with Crippen molar-refractivity contribution < 1.29 is 14.3 Å². The molecule has 3 rings (SSSR count). The first-order valence-corrected chi connectivity index (χ1v) is 9.99. The summed E-state index contributed by atoms with van der Waals surface area (Å²) in [5, 5.41) is 6.48. The van der Waals surface area contributed by atoms with Crippen LogP contribution in [0, 0.1) is 23.7 Å². The van der Waals surface area contributed by atoms with Crippen molar-refractivity contribution in [2.75, 3.05) is 33.3 Å². The van der Waals surface area contributed by atoms with Crippen molar-refractivity contribution in [2.45, 2.75) is 39.2 Å². The normalized spacial score (nSPS) is 29.6. The Morgan fingerprint density at radius 1 is 1.22 bits per heavy atom. The van der Waals surface area contributed by atoms with Crippen LogP contribution in [-0.2, 0) is 14.3 Å². The SMILES string of the molecule is CCNC(=NCC(C)(C)OC)NCCCN1C(=O)C2C3C=CC(C3)C2C1=O. The Labute approximate surface area is 161 Å². The van der Waals surface area contributed by atoms with E-state index in [2.05, 4.69) is 27.8 Å². The number of hydrogen-bond acceptors (Lipinski definition) is 4. The van der Waals surface area contributed by atoms with Crippen molar-refractivity contribution in [3.63, 3.8) is 0 Å². The van der Waals surface area contributed by atoms with E-state index in [0.717, 1.165) is 18.9 Å². The molecular formula is C20H32N4O3. The lowest BCUT2D eigenvalue weighted by Crippen LogP contribution is -2.41. The molecule has 1 saturated carbocycles. The average Bonchev–Trinajstić information content (AvgIpc) is 3.32. The molecule has 1 aliphatic heterocycles. The van der Waals surface area contributed by atoms with Crippen LogP contribution in [0.1, 0.15) is 33.6 Å². The number of hydrogen-bond donors (Lipinski definition) is 2. The van der Waals surface area contributed by atoms with Crippen LogP contribution >= 0.6 is 0 Å². The van der Waals surface area contributed by atoms with Crippen molar-refractivity contribution in [1.82, 2.24) is 15.5 Å². The topological polar surface area (TPSA) is 83.0 Å². The number of imide groups is 1. The number of fused-ring (bicyclic) bond motifs is 5. The largest absolute Gasteiger partial charge is 0.377 e. The molecule has 2 amide bonds. The predicted molar refractivity (Wildman–Crippen MR) is 104 cm³/mol. The van der Waals surface area contributed by atoms with Crippen LogP contribution < -0.4 is 10.6 Å². The van der Waals surface area contributed by atoms with E-state index in [-0.39, 0.29) is 41.1 Å². The van der Waals surface area contributed by atoms with Gasteiger partial charge >= 0.3 is 0 Å². The third-order valence-corrected chi connectivity index (χ3v) is 5.93. The predicted octanol–water partition coefficient (Wildman–Crippen LogP) is 1.16. The molecule has 3 aliphatic rings. The highest BCUT2D eigenvalue weighted by Gasteiger charge is 2.58. The highest BCUT2D eigenvalue weighted by atomic mass is 16.5. The van der Waals surface area contributed by atoms with E-state index in [9.17, 15) is 9.59 Å². The number of ether oxygens (including phenoxy) is 1. The lowest BCUT2D eigenvalue weighted by Gasteiger charge is -2.21. The van der Waals surface area contributed by atoms with E-state index in [1.807, 2.05) is 20.8 Å². The minimum atomic E-state index is -0.318. The molecule has 0 aromatic carbocycles. The molecule has 1 heterocycles. The number of carbonyl (C=O) groups excluding carboxylic acids is 2. The summed E-state index contributed by atoms with van der Waals surface area (Å²) in [7, 11) is 1.68.